The van der Waals surface area contributed by atoms with Crippen LogP contribution in [0.25, 0.3) is 16.8 Å². The Kier molecular flexibility index (Phi) is 8.12. The van der Waals surface area contributed by atoms with Gasteiger partial charge in [-0.15, -0.1) is 10.2 Å². The van der Waals surface area contributed by atoms with Crippen LogP contribution in [0.15, 0.2) is 18.7 Å². The van der Waals surface area contributed by atoms with Crippen LogP contribution in [0.2, 0.25) is 25.7 Å². The van der Waals surface area contributed by atoms with Crippen molar-refractivity contribution in [1.29, 1.82) is 0 Å². The smallest absolute Gasteiger partial charge is 0.407 e. The van der Waals surface area contributed by atoms with E-state index in [1.807, 2.05) is 25.3 Å². The molecule has 0 bridgehead atoms. The topological polar surface area (TPSA) is 127 Å². The van der Waals surface area contributed by atoms with Crippen LogP contribution in [0.1, 0.15) is 56.8 Å². The van der Waals surface area contributed by atoms with E-state index in [1.54, 1.807) is 23.1 Å². The third-order valence-electron chi connectivity index (χ3n) is 7.28. The van der Waals surface area contributed by atoms with E-state index in [0.717, 1.165) is 31.7 Å². The van der Waals surface area contributed by atoms with E-state index in [-0.39, 0.29) is 17.9 Å². The second-order valence-electron chi connectivity index (χ2n) is 12.6. The Morgan fingerprint density at radius 1 is 1.21 bits per heavy atom. The molecule has 0 atom stereocenters. The predicted molar refractivity (Wildman–Crippen MR) is 148 cm³/mol. The molecule has 3 heterocycles. The molecule has 208 valence electrons. The second-order valence-corrected chi connectivity index (χ2v) is 18.2. The van der Waals surface area contributed by atoms with Crippen molar-refractivity contribution >= 4 is 36.9 Å². The van der Waals surface area contributed by atoms with E-state index in [2.05, 4.69) is 40.1 Å². The summed E-state index contributed by atoms with van der Waals surface area (Å²) in [5.74, 6) is 0.124. The highest BCUT2D eigenvalue weighted by Crippen LogP contribution is 2.28. The minimum absolute atomic E-state index is 0.0335. The van der Waals surface area contributed by atoms with Crippen LogP contribution in [-0.4, -0.2) is 79.0 Å². The van der Waals surface area contributed by atoms with Crippen molar-refractivity contribution in [1.82, 2.24) is 34.4 Å². The van der Waals surface area contributed by atoms with Crippen LogP contribution in [0.5, 0.6) is 0 Å². The van der Waals surface area contributed by atoms with Gasteiger partial charge in [-0.1, -0.05) is 19.6 Å². The maximum atomic E-state index is 13.5. The van der Waals surface area contributed by atoms with Crippen LogP contribution in [0.3, 0.4) is 0 Å². The molecular weight excluding hydrogens is 502 g/mol. The summed E-state index contributed by atoms with van der Waals surface area (Å²) in [5.41, 5.74) is 1.96. The Morgan fingerprint density at radius 2 is 1.92 bits per heavy atom. The van der Waals surface area contributed by atoms with Crippen molar-refractivity contribution in [2.75, 3.05) is 13.2 Å². The molecule has 2 N–H and O–H groups in total. The first-order valence-electron chi connectivity index (χ1n) is 13.4. The molecule has 11 nitrogen and oxygen atoms in total. The number of carbonyl (C=O) groups is 2. The van der Waals surface area contributed by atoms with Gasteiger partial charge in [0.25, 0.3) is 5.91 Å². The summed E-state index contributed by atoms with van der Waals surface area (Å²) in [7, 11) is -1.21. The highest BCUT2D eigenvalue weighted by molar-refractivity contribution is 6.76. The molecule has 3 aromatic rings. The van der Waals surface area contributed by atoms with Crippen molar-refractivity contribution in [3.8, 4) is 0 Å². The number of carbonyl (C=O) groups excluding carboxylic acids is 1. The standard InChI is InChI=1S/C26H41N7O4Si/c1-26(2,3)33(25(35)36)14-18-7-9-19(10-8-18)29-24(34)20-15-31(17-37-11-12-38(4,5)6)23-22(20)32-16-28-30-21(32)13-27-23/h13,15-16,18-19H,7-12,14,17H2,1-6H3,(H,29,34)(H,35,36)/t18-,19-. The number of aromatic nitrogens is 5. The molecule has 1 fully saturated rings. The molecule has 0 unspecified atom stereocenters. The van der Waals surface area contributed by atoms with Gasteiger partial charge >= 0.3 is 6.09 Å². The molecule has 1 aliphatic carbocycles. The van der Waals surface area contributed by atoms with Crippen molar-refractivity contribution in [3.63, 3.8) is 0 Å². The number of amides is 2. The van der Waals surface area contributed by atoms with Crippen LogP contribution < -0.4 is 5.32 Å². The molecule has 1 saturated carbocycles. The van der Waals surface area contributed by atoms with Crippen LogP contribution in [-0.2, 0) is 11.5 Å². The number of carboxylic acid groups (broad SMARTS) is 1. The lowest BCUT2D eigenvalue weighted by Gasteiger charge is -2.38. The Bertz CT molecular complexity index is 1280. The van der Waals surface area contributed by atoms with Crippen LogP contribution in [0, 0.1) is 5.92 Å². The number of ether oxygens (including phenoxy) is 1. The summed E-state index contributed by atoms with van der Waals surface area (Å²) < 4.78 is 9.63. The summed E-state index contributed by atoms with van der Waals surface area (Å²) >= 11 is 0. The third kappa shape index (κ3) is 6.52. The average Bonchev–Trinajstić information content (AvgIpc) is 3.44. The summed E-state index contributed by atoms with van der Waals surface area (Å²) in [6.07, 6.45) is 7.53. The molecule has 12 heteroatoms. The van der Waals surface area contributed by atoms with E-state index in [4.69, 9.17) is 4.74 Å². The lowest BCUT2D eigenvalue weighted by atomic mass is 9.85. The van der Waals surface area contributed by atoms with Crippen molar-refractivity contribution in [3.05, 3.63) is 24.3 Å². The zero-order chi connectivity index (χ0) is 27.7. The van der Waals surface area contributed by atoms with Gasteiger partial charge in [-0.3, -0.25) is 9.20 Å². The minimum Gasteiger partial charge on any atom is -0.465 e. The first-order chi connectivity index (χ1) is 17.8. The van der Waals surface area contributed by atoms with E-state index in [1.165, 1.54) is 4.90 Å². The van der Waals surface area contributed by atoms with Crippen molar-refractivity contribution < 1.29 is 19.4 Å². The summed E-state index contributed by atoms with van der Waals surface area (Å²) in [6.45, 7) is 14.2. The van der Waals surface area contributed by atoms with Gasteiger partial charge in [0.1, 0.15) is 18.6 Å². The molecule has 0 aromatic carbocycles. The fraction of sp³-hybridized carbons (Fsp3) is 0.654. The van der Waals surface area contributed by atoms with Gasteiger partial charge in [-0.25, -0.2) is 9.78 Å². The molecule has 0 saturated heterocycles. The number of nitrogens with one attached hydrogen (secondary N) is 1. The van der Waals surface area contributed by atoms with E-state index in [9.17, 15) is 14.7 Å². The molecule has 2 amide bonds. The summed E-state index contributed by atoms with van der Waals surface area (Å²) in [5, 5.41) is 20.9. The first kappa shape index (κ1) is 28.0. The van der Waals surface area contributed by atoms with Gasteiger partial charge in [0.15, 0.2) is 11.3 Å². The molecule has 38 heavy (non-hydrogen) atoms. The molecule has 0 radical (unpaired) electrons. The molecular formula is C26H41N7O4Si. The molecule has 0 spiro atoms. The number of nitrogens with zero attached hydrogens (tertiary/aromatic N) is 6. The fourth-order valence-electron chi connectivity index (χ4n) is 4.99. The SMILES string of the molecule is CC(C)(C)N(C[C@H]1CC[C@H](NC(=O)c2cn(COCC[Si](C)(C)C)c3ncc4nncn4c23)CC1)C(=O)O. The summed E-state index contributed by atoms with van der Waals surface area (Å²) in [6, 6.07) is 1.09. The average molecular weight is 544 g/mol. The van der Waals surface area contributed by atoms with Gasteiger partial charge < -0.3 is 24.6 Å². The van der Waals surface area contributed by atoms with Gasteiger partial charge in [0.2, 0.25) is 0 Å². The lowest BCUT2D eigenvalue weighted by Crippen LogP contribution is -2.48. The molecule has 4 rings (SSSR count). The predicted octanol–water partition coefficient (Wildman–Crippen LogP) is 4.46. The lowest BCUT2D eigenvalue weighted by molar-refractivity contribution is 0.0797. The number of hydrogen-bond acceptors (Lipinski definition) is 6. The highest BCUT2D eigenvalue weighted by atomic mass is 28.3. The minimum atomic E-state index is -1.21. The number of rotatable bonds is 9. The monoisotopic (exact) mass is 543 g/mol. The highest BCUT2D eigenvalue weighted by Gasteiger charge is 2.31. The number of fused-ring (bicyclic) bond motifs is 3. The van der Waals surface area contributed by atoms with Gasteiger partial charge in [0, 0.05) is 39.0 Å². The Labute approximate surface area is 224 Å². The molecule has 0 aliphatic heterocycles. The maximum absolute atomic E-state index is 13.5. The van der Waals surface area contributed by atoms with Crippen molar-refractivity contribution in [2.45, 2.75) is 90.5 Å². The Hall–Kier alpha value is -2.99. The molecule has 1 aliphatic rings. The van der Waals surface area contributed by atoms with Crippen molar-refractivity contribution in [2.24, 2.45) is 5.92 Å². The maximum Gasteiger partial charge on any atom is 0.407 e. The second kappa shape index (κ2) is 11.0. The zero-order valence-corrected chi connectivity index (χ0v) is 24.4. The zero-order valence-electron chi connectivity index (χ0n) is 23.4. The van der Waals surface area contributed by atoms with Gasteiger partial charge in [0.05, 0.1) is 11.8 Å². The Morgan fingerprint density at radius 3 is 2.55 bits per heavy atom. The van der Waals surface area contributed by atoms with E-state index in [0.29, 0.717) is 42.3 Å². The third-order valence-corrected chi connectivity index (χ3v) is 8.98. The van der Waals surface area contributed by atoms with Crippen LogP contribution in [0.4, 0.5) is 4.79 Å². The summed E-state index contributed by atoms with van der Waals surface area (Å²) in [4.78, 5) is 31.3. The first-order valence-corrected chi connectivity index (χ1v) is 17.1. The van der Waals surface area contributed by atoms with Gasteiger partial charge in [-0.2, -0.15) is 0 Å². The quantitative estimate of drug-likeness (QED) is 0.301. The van der Waals surface area contributed by atoms with E-state index < -0.39 is 19.7 Å². The Balaban J connectivity index is 1.45. The van der Waals surface area contributed by atoms with Gasteiger partial charge in [-0.05, 0) is 58.4 Å². The van der Waals surface area contributed by atoms with E-state index >= 15 is 0 Å². The fourth-order valence-corrected chi connectivity index (χ4v) is 5.74. The largest absolute Gasteiger partial charge is 0.465 e. The number of hydrogen-bond donors (Lipinski definition) is 2. The van der Waals surface area contributed by atoms with Crippen LogP contribution >= 0.6 is 0 Å². The normalized spacial score (nSPS) is 18.7. The molecule has 3 aromatic heterocycles.